The summed E-state index contributed by atoms with van der Waals surface area (Å²) in [6, 6.07) is 3.89. The topological polar surface area (TPSA) is 67.4 Å². The van der Waals surface area contributed by atoms with Crippen molar-refractivity contribution in [2.75, 3.05) is 23.3 Å². The van der Waals surface area contributed by atoms with E-state index in [1.54, 1.807) is 6.07 Å². The van der Waals surface area contributed by atoms with Gasteiger partial charge in [0, 0.05) is 36.3 Å². The first kappa shape index (κ1) is 22.0. The maximum absolute atomic E-state index is 13.9. The first-order valence-electron chi connectivity index (χ1n) is 11.5. The zero-order chi connectivity index (χ0) is 23.3. The number of ether oxygens (including phenoxy) is 1. The van der Waals surface area contributed by atoms with Crippen LogP contribution in [0.3, 0.4) is 0 Å². The van der Waals surface area contributed by atoms with Gasteiger partial charge in [0.1, 0.15) is 17.7 Å². The highest BCUT2D eigenvalue weighted by atomic mass is 19.4. The molecule has 1 amide bonds. The maximum Gasteiger partial charge on any atom is 0.416 e. The Morgan fingerprint density at radius 1 is 1.15 bits per heavy atom. The fourth-order valence-electron chi connectivity index (χ4n) is 4.91. The highest BCUT2D eigenvalue weighted by Gasteiger charge is 2.40. The average Bonchev–Trinajstić information content (AvgIpc) is 2.73. The van der Waals surface area contributed by atoms with E-state index in [2.05, 4.69) is 24.1 Å². The van der Waals surface area contributed by atoms with Crippen molar-refractivity contribution in [2.45, 2.75) is 51.8 Å². The van der Waals surface area contributed by atoms with E-state index in [0.717, 1.165) is 37.8 Å². The molecule has 1 saturated carbocycles. The van der Waals surface area contributed by atoms with Crippen LogP contribution in [0.15, 0.2) is 24.4 Å². The molecular formula is C24H27F3N4O2. The fourth-order valence-corrected chi connectivity index (χ4v) is 4.91. The summed E-state index contributed by atoms with van der Waals surface area (Å²) in [7, 11) is 0. The molecule has 2 fully saturated rings. The molecule has 4 heterocycles. The molecule has 6 nitrogen and oxygen atoms in total. The molecule has 0 bridgehead atoms. The molecular weight excluding hydrogens is 433 g/mol. The lowest BCUT2D eigenvalue weighted by Gasteiger charge is -2.37. The Balaban J connectivity index is 1.62. The van der Waals surface area contributed by atoms with Gasteiger partial charge in [-0.15, -0.1) is 0 Å². The third-order valence-electron chi connectivity index (χ3n) is 7.38. The zero-order valence-electron chi connectivity index (χ0n) is 18.7. The van der Waals surface area contributed by atoms with E-state index in [-0.39, 0.29) is 11.6 Å². The predicted molar refractivity (Wildman–Crippen MR) is 118 cm³/mol. The third-order valence-corrected chi connectivity index (χ3v) is 7.38. The van der Waals surface area contributed by atoms with E-state index in [1.807, 2.05) is 4.90 Å². The van der Waals surface area contributed by atoms with Crippen LogP contribution >= 0.6 is 0 Å². The molecule has 1 saturated heterocycles. The minimum Gasteiger partial charge on any atom is -0.441 e. The Bertz CT molecular complexity index is 1070. The van der Waals surface area contributed by atoms with Gasteiger partial charge < -0.3 is 9.64 Å². The van der Waals surface area contributed by atoms with Gasteiger partial charge in [0.2, 0.25) is 0 Å². The van der Waals surface area contributed by atoms with Gasteiger partial charge in [0.25, 0.3) is 0 Å². The highest BCUT2D eigenvalue weighted by molar-refractivity contribution is 5.89. The molecule has 5 rings (SSSR count). The number of nitrogens with zero attached hydrogens (tertiary/aromatic N) is 3. The minimum atomic E-state index is -4.51. The lowest BCUT2D eigenvalue weighted by molar-refractivity contribution is -0.137. The smallest absolute Gasteiger partial charge is 0.416 e. The molecule has 3 atom stereocenters. The van der Waals surface area contributed by atoms with Gasteiger partial charge in [-0.2, -0.15) is 13.2 Å². The standard InChI is InChI=1S/C24H27F3N4O2/c1-13-7-9-31(12-14(13)2)19-11-16(24(25,26)27)10-18(29-19)17-6-8-28-22-20(17)21(15-4-3-5-15)33-23(32)30-22/h6,8,10-11,13-15,21H,3-5,7,9,12H2,1-2H3,(H,28,30,32)/t13?,14-,21?/m0/s1. The van der Waals surface area contributed by atoms with Crippen LogP contribution in [0, 0.1) is 17.8 Å². The second kappa shape index (κ2) is 8.18. The number of alkyl halides is 3. The van der Waals surface area contributed by atoms with Gasteiger partial charge in [-0.25, -0.2) is 14.8 Å². The van der Waals surface area contributed by atoms with Gasteiger partial charge in [-0.05, 0) is 49.3 Å². The number of aromatic nitrogens is 2. The van der Waals surface area contributed by atoms with Crippen molar-refractivity contribution in [2.24, 2.45) is 17.8 Å². The Labute approximate surface area is 190 Å². The molecule has 2 aromatic heterocycles. The second-order valence-electron chi connectivity index (χ2n) is 9.55. The first-order chi connectivity index (χ1) is 15.7. The number of hydrogen-bond acceptors (Lipinski definition) is 5. The van der Waals surface area contributed by atoms with Crippen LogP contribution in [0.25, 0.3) is 11.3 Å². The average molecular weight is 461 g/mol. The monoisotopic (exact) mass is 460 g/mol. The van der Waals surface area contributed by atoms with E-state index < -0.39 is 23.9 Å². The van der Waals surface area contributed by atoms with E-state index in [1.165, 1.54) is 6.20 Å². The Morgan fingerprint density at radius 2 is 1.94 bits per heavy atom. The quantitative estimate of drug-likeness (QED) is 0.604. The summed E-state index contributed by atoms with van der Waals surface area (Å²) in [5.74, 6) is 1.67. The normalized spacial score (nSPS) is 25.7. The number of fused-ring (bicyclic) bond motifs is 1. The molecule has 0 aromatic carbocycles. The molecule has 3 aliphatic rings. The number of amides is 1. The molecule has 33 heavy (non-hydrogen) atoms. The summed E-state index contributed by atoms with van der Waals surface area (Å²) in [4.78, 5) is 23.0. The van der Waals surface area contributed by atoms with E-state index >= 15 is 0 Å². The number of cyclic esters (lactones) is 1. The predicted octanol–water partition coefficient (Wildman–Crippen LogP) is 6.05. The van der Waals surface area contributed by atoms with Gasteiger partial charge in [-0.1, -0.05) is 20.3 Å². The number of hydrogen-bond donors (Lipinski definition) is 1. The summed E-state index contributed by atoms with van der Waals surface area (Å²) in [6.45, 7) is 5.61. The largest absolute Gasteiger partial charge is 0.441 e. The number of anilines is 2. The highest BCUT2D eigenvalue weighted by Crippen LogP contribution is 2.47. The first-order valence-corrected chi connectivity index (χ1v) is 11.5. The van der Waals surface area contributed by atoms with Crippen molar-refractivity contribution in [1.29, 1.82) is 0 Å². The number of carbonyl (C=O) groups is 1. The van der Waals surface area contributed by atoms with Crippen LogP contribution in [0.1, 0.15) is 56.8 Å². The van der Waals surface area contributed by atoms with Gasteiger partial charge in [-0.3, -0.25) is 5.32 Å². The Morgan fingerprint density at radius 3 is 2.61 bits per heavy atom. The van der Waals surface area contributed by atoms with Gasteiger partial charge >= 0.3 is 12.3 Å². The molecule has 9 heteroatoms. The summed E-state index contributed by atoms with van der Waals surface area (Å²) >= 11 is 0. The number of halogens is 3. The third kappa shape index (κ3) is 4.13. The summed E-state index contributed by atoms with van der Waals surface area (Å²) < 4.78 is 47.3. The maximum atomic E-state index is 13.9. The van der Waals surface area contributed by atoms with Crippen molar-refractivity contribution in [3.63, 3.8) is 0 Å². The lowest BCUT2D eigenvalue weighted by atomic mass is 9.77. The fraction of sp³-hybridized carbons (Fsp3) is 0.542. The van der Waals surface area contributed by atoms with E-state index in [9.17, 15) is 18.0 Å². The molecule has 176 valence electrons. The van der Waals surface area contributed by atoms with Crippen LogP contribution in [-0.4, -0.2) is 29.2 Å². The summed E-state index contributed by atoms with van der Waals surface area (Å²) in [6.07, 6.45) is -0.402. The van der Waals surface area contributed by atoms with Crippen LogP contribution in [0.2, 0.25) is 0 Å². The van der Waals surface area contributed by atoms with Crippen LogP contribution in [0.5, 0.6) is 0 Å². The van der Waals surface area contributed by atoms with Gasteiger partial charge in [0.05, 0.1) is 11.3 Å². The van der Waals surface area contributed by atoms with Crippen LogP contribution < -0.4 is 10.2 Å². The SMILES string of the molecule is CC1CCN(c2cc(C(F)(F)F)cc(-c3ccnc4c3C(C3CCC3)OC(=O)N4)n2)C[C@@H]1C. The molecule has 2 aromatic rings. The van der Waals surface area contributed by atoms with Crippen molar-refractivity contribution in [1.82, 2.24) is 9.97 Å². The molecule has 2 aliphatic heterocycles. The number of pyridine rings is 2. The van der Waals surface area contributed by atoms with E-state index in [4.69, 9.17) is 9.72 Å². The van der Waals surface area contributed by atoms with Crippen molar-refractivity contribution >= 4 is 17.7 Å². The van der Waals surface area contributed by atoms with Crippen molar-refractivity contribution in [3.05, 3.63) is 35.5 Å². The number of carbonyl (C=O) groups excluding carboxylic acids is 1. The molecule has 0 radical (unpaired) electrons. The Hall–Kier alpha value is -2.84. The second-order valence-corrected chi connectivity index (χ2v) is 9.55. The number of piperidine rings is 1. The van der Waals surface area contributed by atoms with Gasteiger partial charge in [0.15, 0.2) is 0 Å². The molecule has 1 aliphatic carbocycles. The van der Waals surface area contributed by atoms with Crippen molar-refractivity contribution in [3.8, 4) is 11.3 Å². The van der Waals surface area contributed by atoms with Crippen molar-refractivity contribution < 1.29 is 22.7 Å². The van der Waals surface area contributed by atoms with Crippen LogP contribution in [0.4, 0.5) is 29.6 Å². The summed E-state index contributed by atoms with van der Waals surface area (Å²) in [5.41, 5.74) is 0.608. The Kier molecular flexibility index (Phi) is 5.45. The molecule has 2 unspecified atom stereocenters. The zero-order valence-corrected chi connectivity index (χ0v) is 18.7. The summed E-state index contributed by atoms with van der Waals surface area (Å²) in [5, 5.41) is 2.60. The molecule has 1 N–H and O–H groups in total. The minimum absolute atomic E-state index is 0.132. The van der Waals surface area contributed by atoms with Crippen LogP contribution in [-0.2, 0) is 10.9 Å². The van der Waals surface area contributed by atoms with E-state index in [0.29, 0.717) is 47.7 Å². The molecule has 0 spiro atoms. The number of nitrogens with one attached hydrogen (secondary N) is 1. The number of rotatable bonds is 3. The lowest BCUT2D eigenvalue weighted by Crippen LogP contribution is -2.39.